The monoisotopic (exact) mass is 828 g/mol. The summed E-state index contributed by atoms with van der Waals surface area (Å²) < 4.78 is 22.5. The molecule has 0 aliphatic rings. The van der Waals surface area contributed by atoms with Gasteiger partial charge in [-0.3, -0.25) is 9.59 Å². The molecule has 0 aromatic heterocycles. The summed E-state index contributed by atoms with van der Waals surface area (Å²) in [5.41, 5.74) is 0. The average molecular weight is 828 g/mol. The summed E-state index contributed by atoms with van der Waals surface area (Å²) in [5, 5.41) is 11.7. The lowest BCUT2D eigenvalue weighted by Gasteiger charge is -2.26. The highest BCUT2D eigenvalue weighted by molar-refractivity contribution is 5.70. The van der Waals surface area contributed by atoms with E-state index in [4.69, 9.17) is 18.9 Å². The van der Waals surface area contributed by atoms with Crippen LogP contribution in [0.15, 0.2) is 72.9 Å². The molecule has 0 amide bonds. The Hall–Kier alpha value is -3.27. The van der Waals surface area contributed by atoms with Gasteiger partial charge in [0.05, 0.1) is 40.3 Å². The van der Waals surface area contributed by atoms with E-state index in [1.54, 1.807) is 0 Å². The third-order valence-corrected chi connectivity index (χ3v) is 9.48. The molecule has 2 atom stereocenters. The number of carboxylic acid groups (broad SMARTS) is 1. The molecule has 0 saturated carbocycles. The van der Waals surface area contributed by atoms with E-state index in [-0.39, 0.29) is 38.6 Å². The van der Waals surface area contributed by atoms with Gasteiger partial charge >= 0.3 is 11.9 Å². The highest BCUT2D eigenvalue weighted by atomic mass is 16.7. The minimum Gasteiger partial charge on any atom is -0.545 e. The van der Waals surface area contributed by atoms with Crippen molar-refractivity contribution in [1.82, 2.24) is 0 Å². The Labute approximate surface area is 360 Å². The molecule has 0 aromatic rings. The van der Waals surface area contributed by atoms with Crippen molar-refractivity contribution in [2.24, 2.45) is 0 Å². The number of aliphatic carboxylic acids is 1. The summed E-state index contributed by atoms with van der Waals surface area (Å²) in [6.07, 6.45) is 48.0. The van der Waals surface area contributed by atoms with E-state index < -0.39 is 24.3 Å². The Kier molecular flexibility index (Phi) is 39.2. The number of nitrogens with zero attached hydrogens (tertiary/aromatic N) is 1. The molecule has 0 heterocycles. The lowest BCUT2D eigenvalue weighted by Crippen LogP contribution is -2.44. The highest BCUT2D eigenvalue weighted by Gasteiger charge is 2.21. The Balaban J connectivity index is 4.56. The number of carbonyl (C=O) groups excluding carboxylic acids is 3. The molecule has 0 N–H and O–H groups in total. The molecule has 338 valence electrons. The molecule has 0 aromatic carbocycles. The van der Waals surface area contributed by atoms with E-state index in [2.05, 4.69) is 74.6 Å². The fraction of sp³-hybridized carbons (Fsp3) is 0.700. The van der Waals surface area contributed by atoms with Gasteiger partial charge in [0.25, 0.3) is 0 Å². The second-order valence-corrected chi connectivity index (χ2v) is 16.3. The van der Waals surface area contributed by atoms with Crippen LogP contribution in [-0.2, 0) is 33.3 Å². The minimum atomic E-state index is -1.64. The first-order valence-electron chi connectivity index (χ1n) is 23.1. The van der Waals surface area contributed by atoms with Gasteiger partial charge in [0.15, 0.2) is 12.4 Å². The second-order valence-electron chi connectivity index (χ2n) is 16.3. The van der Waals surface area contributed by atoms with Gasteiger partial charge in [-0.05, 0) is 51.4 Å². The number of hydrogen-bond donors (Lipinski definition) is 0. The fourth-order valence-corrected chi connectivity index (χ4v) is 5.91. The van der Waals surface area contributed by atoms with Crippen LogP contribution >= 0.6 is 0 Å². The summed E-state index contributed by atoms with van der Waals surface area (Å²) in [6, 6.07) is 0. The van der Waals surface area contributed by atoms with Crippen LogP contribution in [0, 0.1) is 0 Å². The zero-order valence-corrected chi connectivity index (χ0v) is 38.1. The van der Waals surface area contributed by atoms with Crippen LogP contribution < -0.4 is 5.11 Å². The van der Waals surface area contributed by atoms with Gasteiger partial charge in [0.2, 0.25) is 0 Å². The van der Waals surface area contributed by atoms with Crippen LogP contribution in [0.5, 0.6) is 0 Å². The number of ether oxygens (including phenoxy) is 4. The van der Waals surface area contributed by atoms with Crippen LogP contribution in [0.1, 0.15) is 168 Å². The van der Waals surface area contributed by atoms with Crippen molar-refractivity contribution in [2.75, 3.05) is 47.5 Å². The van der Waals surface area contributed by atoms with E-state index in [1.165, 1.54) is 77.0 Å². The van der Waals surface area contributed by atoms with Crippen molar-refractivity contribution in [2.45, 2.75) is 180 Å². The third kappa shape index (κ3) is 42.7. The molecule has 0 aliphatic carbocycles. The van der Waals surface area contributed by atoms with E-state index in [0.717, 1.165) is 57.8 Å². The van der Waals surface area contributed by atoms with Gasteiger partial charge in [0.1, 0.15) is 13.2 Å². The van der Waals surface area contributed by atoms with Crippen molar-refractivity contribution in [3.05, 3.63) is 72.9 Å². The summed E-state index contributed by atoms with van der Waals surface area (Å²) in [7, 11) is 5.88. The quantitative estimate of drug-likeness (QED) is 0.0197. The molecular weight excluding hydrogens is 743 g/mol. The summed E-state index contributed by atoms with van der Waals surface area (Å²) in [5.74, 6) is -2.40. The molecule has 0 aliphatic heterocycles. The number of quaternary nitrogens is 1. The summed E-state index contributed by atoms with van der Waals surface area (Å²) in [4.78, 5) is 37.0. The average Bonchev–Trinajstić information content (AvgIpc) is 3.19. The van der Waals surface area contributed by atoms with Gasteiger partial charge in [0, 0.05) is 12.8 Å². The first-order valence-corrected chi connectivity index (χ1v) is 23.1. The fourth-order valence-electron chi connectivity index (χ4n) is 5.91. The smallest absolute Gasteiger partial charge is 0.306 e. The largest absolute Gasteiger partial charge is 0.545 e. The van der Waals surface area contributed by atoms with Gasteiger partial charge in [-0.2, -0.15) is 0 Å². The molecule has 0 rings (SSSR count). The normalized spacial score (nSPS) is 13.6. The van der Waals surface area contributed by atoms with E-state index >= 15 is 0 Å². The molecule has 0 fully saturated rings. The standard InChI is InChI=1S/C50H85NO8/c1-6-8-10-12-14-16-18-20-22-23-24-25-27-29-31-33-35-37-39-41-48(53)59-46(45-58-50(49(54)55)56-43-42-51(3,4)5)44-57-47(52)40-38-36-34-32-30-28-26-21-19-17-15-13-11-9-7-2/h8,10,14,16,20,22,24-25,29,31,35,37,46,50H,6-7,9,11-13,15,17-19,21,23,26-28,30,32-34,36,38-45H2,1-5H3/b10-8-,16-14-,22-20-,25-24-,31-29-,37-35-. The number of unbranched alkanes of at least 4 members (excludes halogenated alkanes) is 14. The van der Waals surface area contributed by atoms with Crippen molar-refractivity contribution in [1.29, 1.82) is 0 Å². The van der Waals surface area contributed by atoms with Gasteiger partial charge in [-0.15, -0.1) is 0 Å². The zero-order valence-electron chi connectivity index (χ0n) is 38.1. The number of likely N-dealkylation sites (N-methyl/N-ethyl adjacent to an activating group) is 1. The molecular formula is C50H85NO8. The maximum Gasteiger partial charge on any atom is 0.306 e. The number of allylic oxidation sites excluding steroid dienone is 12. The SMILES string of the molecule is CC/C=C\C/C=C\C/C=C\C/C=C\C/C=C\C/C=C\CCC(=O)OC(COC(=O)CCCCCCCCCCCCCCCCC)COC(OCC[N+](C)(C)C)C(=O)[O-]. The maximum absolute atomic E-state index is 12.7. The number of rotatable bonds is 41. The van der Waals surface area contributed by atoms with Crippen LogP contribution in [0.2, 0.25) is 0 Å². The van der Waals surface area contributed by atoms with E-state index in [0.29, 0.717) is 17.4 Å². The predicted molar refractivity (Wildman–Crippen MR) is 241 cm³/mol. The van der Waals surface area contributed by atoms with Crippen LogP contribution in [0.4, 0.5) is 0 Å². The van der Waals surface area contributed by atoms with Crippen molar-refractivity contribution in [3.8, 4) is 0 Å². The molecule has 59 heavy (non-hydrogen) atoms. The Morgan fingerprint density at radius 2 is 0.966 bits per heavy atom. The lowest BCUT2D eigenvalue weighted by molar-refractivity contribution is -0.870. The number of carboxylic acids is 1. The molecule has 0 radical (unpaired) electrons. The lowest BCUT2D eigenvalue weighted by atomic mass is 10.0. The van der Waals surface area contributed by atoms with Crippen molar-refractivity contribution in [3.63, 3.8) is 0 Å². The first kappa shape index (κ1) is 55.7. The second kappa shape index (κ2) is 41.5. The molecule has 2 unspecified atom stereocenters. The number of hydrogen-bond acceptors (Lipinski definition) is 8. The summed E-state index contributed by atoms with van der Waals surface area (Å²) in [6.45, 7) is 4.53. The van der Waals surface area contributed by atoms with Crippen LogP contribution in [-0.4, -0.2) is 82.3 Å². The number of carbonyl (C=O) groups is 3. The maximum atomic E-state index is 12.7. The summed E-state index contributed by atoms with van der Waals surface area (Å²) >= 11 is 0. The number of esters is 2. The first-order chi connectivity index (χ1) is 28.6. The topological polar surface area (TPSA) is 111 Å². The van der Waals surface area contributed by atoms with Crippen LogP contribution in [0.25, 0.3) is 0 Å². The van der Waals surface area contributed by atoms with Gasteiger partial charge in [-0.25, -0.2) is 0 Å². The molecule has 9 nitrogen and oxygen atoms in total. The van der Waals surface area contributed by atoms with E-state index in [1.807, 2.05) is 33.3 Å². The van der Waals surface area contributed by atoms with E-state index in [9.17, 15) is 19.5 Å². The van der Waals surface area contributed by atoms with Gasteiger partial charge < -0.3 is 33.3 Å². The molecule has 0 spiro atoms. The van der Waals surface area contributed by atoms with Crippen molar-refractivity contribution >= 4 is 17.9 Å². The minimum absolute atomic E-state index is 0.121. The van der Waals surface area contributed by atoms with Gasteiger partial charge in [-0.1, -0.05) is 177 Å². The molecule has 9 heteroatoms. The highest BCUT2D eigenvalue weighted by Crippen LogP contribution is 2.14. The molecule has 0 saturated heterocycles. The Bertz CT molecular complexity index is 1200. The van der Waals surface area contributed by atoms with Crippen molar-refractivity contribution < 1.29 is 42.9 Å². The Morgan fingerprint density at radius 3 is 1.41 bits per heavy atom. The predicted octanol–water partition coefficient (Wildman–Crippen LogP) is 11.0. The third-order valence-electron chi connectivity index (χ3n) is 9.48. The van der Waals surface area contributed by atoms with Crippen LogP contribution in [0.3, 0.4) is 0 Å². The molecule has 0 bridgehead atoms. The zero-order chi connectivity index (χ0) is 43.5. The Morgan fingerprint density at radius 1 is 0.525 bits per heavy atom.